The normalized spacial score (nSPS) is 13.1. The molecule has 0 saturated carbocycles. The zero-order chi connectivity index (χ0) is 54.3. The summed E-state index contributed by atoms with van der Waals surface area (Å²) in [6.07, 6.45) is 87.7. The summed E-state index contributed by atoms with van der Waals surface area (Å²) in [4.78, 5) is 38.0. The van der Waals surface area contributed by atoms with Crippen molar-refractivity contribution in [2.24, 2.45) is 0 Å². The van der Waals surface area contributed by atoms with E-state index in [9.17, 15) is 14.4 Å². The minimum Gasteiger partial charge on any atom is -0.462 e. The molecule has 0 N–H and O–H groups in total. The van der Waals surface area contributed by atoms with Crippen LogP contribution in [0.1, 0.15) is 265 Å². The van der Waals surface area contributed by atoms with Crippen LogP contribution in [0.25, 0.3) is 0 Å². The Morgan fingerprint density at radius 1 is 0.280 bits per heavy atom. The van der Waals surface area contributed by atoms with Gasteiger partial charge in [0, 0.05) is 19.3 Å². The third-order valence-electron chi connectivity index (χ3n) is 12.7. The van der Waals surface area contributed by atoms with Gasteiger partial charge in [-0.3, -0.25) is 14.4 Å². The third-order valence-corrected chi connectivity index (χ3v) is 12.7. The predicted molar refractivity (Wildman–Crippen MR) is 325 cm³/mol. The summed E-state index contributed by atoms with van der Waals surface area (Å²) in [5, 5.41) is 0. The van der Waals surface area contributed by atoms with Gasteiger partial charge in [-0.25, -0.2) is 0 Å². The number of allylic oxidation sites excluding steroid dienone is 22. The molecule has 0 saturated heterocycles. The lowest BCUT2D eigenvalue weighted by Gasteiger charge is -2.18. The van der Waals surface area contributed by atoms with E-state index in [-0.39, 0.29) is 31.1 Å². The average molecular weight is 1040 g/mol. The monoisotopic (exact) mass is 1040 g/mol. The summed E-state index contributed by atoms with van der Waals surface area (Å²) in [6.45, 7) is 6.34. The molecule has 0 aliphatic carbocycles. The molecular weight excluding hydrogens is 925 g/mol. The van der Waals surface area contributed by atoms with Gasteiger partial charge < -0.3 is 14.2 Å². The molecule has 1 atom stereocenters. The molecule has 0 heterocycles. The Labute approximate surface area is 462 Å². The molecule has 0 rings (SSSR count). The summed E-state index contributed by atoms with van der Waals surface area (Å²) in [5.74, 6) is -0.926. The van der Waals surface area contributed by atoms with Crippen molar-refractivity contribution in [2.45, 2.75) is 271 Å². The van der Waals surface area contributed by atoms with E-state index in [1.165, 1.54) is 83.5 Å². The van der Waals surface area contributed by atoms with Gasteiger partial charge in [0.05, 0.1) is 0 Å². The quantitative estimate of drug-likeness (QED) is 0.0261. The van der Waals surface area contributed by atoms with Gasteiger partial charge in [-0.1, -0.05) is 264 Å². The number of ether oxygens (including phenoxy) is 3. The van der Waals surface area contributed by atoms with Gasteiger partial charge >= 0.3 is 17.9 Å². The van der Waals surface area contributed by atoms with Gasteiger partial charge in [-0.2, -0.15) is 0 Å². The number of carbonyl (C=O) groups excluding carboxylic acids is 3. The highest BCUT2D eigenvalue weighted by Crippen LogP contribution is 2.15. The first kappa shape index (κ1) is 70.5. The Bertz CT molecular complexity index is 1620. The lowest BCUT2D eigenvalue weighted by molar-refractivity contribution is -0.167. The Kier molecular flexibility index (Phi) is 58.4. The maximum Gasteiger partial charge on any atom is 0.306 e. The van der Waals surface area contributed by atoms with Crippen LogP contribution in [0.15, 0.2) is 134 Å². The van der Waals surface area contributed by atoms with Crippen LogP contribution in [0.4, 0.5) is 0 Å². The van der Waals surface area contributed by atoms with Gasteiger partial charge in [0.2, 0.25) is 0 Å². The van der Waals surface area contributed by atoms with E-state index in [4.69, 9.17) is 14.2 Å². The molecule has 0 spiro atoms. The third kappa shape index (κ3) is 60.3. The molecule has 0 aliphatic heterocycles. The van der Waals surface area contributed by atoms with Crippen molar-refractivity contribution >= 4 is 17.9 Å². The first-order valence-corrected chi connectivity index (χ1v) is 30.7. The first-order chi connectivity index (χ1) is 37.0. The summed E-state index contributed by atoms with van der Waals surface area (Å²) in [6, 6.07) is 0. The lowest BCUT2D eigenvalue weighted by atomic mass is 10.0. The average Bonchev–Trinajstić information content (AvgIpc) is 3.41. The highest BCUT2D eigenvalue weighted by Gasteiger charge is 2.19. The highest BCUT2D eigenvalue weighted by molar-refractivity contribution is 5.71. The largest absolute Gasteiger partial charge is 0.462 e. The van der Waals surface area contributed by atoms with Crippen LogP contribution in [-0.4, -0.2) is 37.2 Å². The molecule has 6 heteroatoms. The van der Waals surface area contributed by atoms with Crippen molar-refractivity contribution in [3.63, 3.8) is 0 Å². The number of hydrogen-bond donors (Lipinski definition) is 0. The lowest BCUT2D eigenvalue weighted by Crippen LogP contribution is -2.30. The fourth-order valence-corrected chi connectivity index (χ4v) is 8.12. The van der Waals surface area contributed by atoms with Gasteiger partial charge in [0.1, 0.15) is 13.2 Å². The number of unbranched alkanes of at least 4 members (excludes halogenated alkanes) is 21. The fourth-order valence-electron chi connectivity index (χ4n) is 8.12. The molecule has 75 heavy (non-hydrogen) atoms. The van der Waals surface area contributed by atoms with Crippen molar-refractivity contribution in [3.05, 3.63) is 134 Å². The molecule has 0 fully saturated rings. The van der Waals surface area contributed by atoms with Crippen molar-refractivity contribution in [1.82, 2.24) is 0 Å². The molecule has 0 radical (unpaired) electrons. The van der Waals surface area contributed by atoms with Crippen LogP contribution in [0.5, 0.6) is 0 Å². The van der Waals surface area contributed by atoms with Crippen LogP contribution >= 0.6 is 0 Å². The second kappa shape index (κ2) is 62.1. The minimum atomic E-state index is -0.793. The molecule has 0 aromatic rings. The fraction of sp³-hybridized carbons (Fsp3) is 0.638. The van der Waals surface area contributed by atoms with Crippen LogP contribution in [0.2, 0.25) is 0 Å². The zero-order valence-corrected chi connectivity index (χ0v) is 48.5. The van der Waals surface area contributed by atoms with Crippen molar-refractivity contribution < 1.29 is 28.6 Å². The predicted octanol–water partition coefficient (Wildman–Crippen LogP) is 21.0. The Hall–Kier alpha value is -4.45. The molecule has 424 valence electrons. The van der Waals surface area contributed by atoms with E-state index >= 15 is 0 Å². The number of rotatable bonds is 54. The molecule has 0 aliphatic rings. The Balaban J connectivity index is 4.14. The second-order valence-electron chi connectivity index (χ2n) is 19.9. The molecule has 1 unspecified atom stereocenters. The Morgan fingerprint density at radius 3 is 0.813 bits per heavy atom. The van der Waals surface area contributed by atoms with E-state index in [2.05, 4.69) is 154 Å². The van der Waals surface area contributed by atoms with Crippen molar-refractivity contribution in [3.8, 4) is 0 Å². The topological polar surface area (TPSA) is 78.9 Å². The maximum atomic E-state index is 12.8. The molecule has 0 aromatic carbocycles. The number of esters is 3. The van der Waals surface area contributed by atoms with Gasteiger partial charge in [-0.15, -0.1) is 0 Å². The second-order valence-corrected chi connectivity index (χ2v) is 19.9. The van der Waals surface area contributed by atoms with Gasteiger partial charge in [0.15, 0.2) is 6.10 Å². The Morgan fingerprint density at radius 2 is 0.520 bits per heavy atom. The maximum absolute atomic E-state index is 12.8. The molecule has 0 aromatic heterocycles. The van der Waals surface area contributed by atoms with Crippen molar-refractivity contribution in [2.75, 3.05) is 13.2 Å². The standard InChI is InChI=1S/C69H112O6/c1-4-7-10-13-16-18-20-22-24-26-27-28-29-30-31-32-33-34-35-36-37-38-39-40-41-43-44-46-48-50-53-56-59-62-68(71)74-65-66(64-73-67(70)61-58-55-52-15-12-9-6-3)75-69(72)63-60-57-54-51-49-47-45-42-25-23-21-19-17-14-11-8-5-2/h7-8,10-11,16-19,22-25,27-28,30-31,33-34,36-37,45,47,66H,4-6,9,12-15,20-21,26,29,32,35,38-44,46,48-65H2,1-3H3/b10-7-,11-8-,18-16-,19-17-,24-22-,25-23-,28-27-,31-30-,34-33-,37-36-,47-45-. The molecule has 0 bridgehead atoms. The minimum absolute atomic E-state index is 0.0904. The van der Waals surface area contributed by atoms with Crippen LogP contribution in [0, 0.1) is 0 Å². The zero-order valence-electron chi connectivity index (χ0n) is 48.5. The first-order valence-electron chi connectivity index (χ1n) is 30.7. The smallest absolute Gasteiger partial charge is 0.306 e. The summed E-state index contributed by atoms with van der Waals surface area (Å²) < 4.78 is 16.8. The van der Waals surface area contributed by atoms with E-state index in [0.717, 1.165) is 141 Å². The van der Waals surface area contributed by atoms with Gasteiger partial charge in [0.25, 0.3) is 0 Å². The van der Waals surface area contributed by atoms with Gasteiger partial charge in [-0.05, 0) is 116 Å². The van der Waals surface area contributed by atoms with E-state index < -0.39 is 6.10 Å². The van der Waals surface area contributed by atoms with Crippen LogP contribution in [-0.2, 0) is 28.6 Å². The van der Waals surface area contributed by atoms with E-state index in [0.29, 0.717) is 19.3 Å². The number of carbonyl (C=O) groups is 3. The molecular formula is C69H112O6. The molecule has 6 nitrogen and oxygen atoms in total. The van der Waals surface area contributed by atoms with Crippen molar-refractivity contribution in [1.29, 1.82) is 0 Å². The summed E-state index contributed by atoms with van der Waals surface area (Å²) >= 11 is 0. The number of hydrogen-bond acceptors (Lipinski definition) is 6. The summed E-state index contributed by atoms with van der Waals surface area (Å²) in [5.41, 5.74) is 0. The molecule has 0 amide bonds. The van der Waals surface area contributed by atoms with Crippen LogP contribution in [0.3, 0.4) is 0 Å². The highest BCUT2D eigenvalue weighted by atomic mass is 16.6. The summed E-state index contributed by atoms with van der Waals surface area (Å²) in [7, 11) is 0. The van der Waals surface area contributed by atoms with E-state index in [1.54, 1.807) is 0 Å². The SMILES string of the molecule is CC/C=C\C/C=C\C/C=C\C/C=C\C/C=C\C/C=C\C/C=C\CCCCCCCCCCCCCC(=O)OCC(COC(=O)CCCCCCCCC)OC(=O)CCCCCC/C=C\C/C=C\C/C=C\C/C=C\CC. The van der Waals surface area contributed by atoms with Crippen LogP contribution < -0.4 is 0 Å². The van der Waals surface area contributed by atoms with E-state index in [1.807, 2.05) is 0 Å².